The number of nitrogens with zero attached hydrogens (tertiary/aromatic N) is 3. The Morgan fingerprint density at radius 3 is 2.56 bits per heavy atom. The van der Waals surface area contributed by atoms with E-state index in [-0.39, 0.29) is 11.3 Å². The average Bonchev–Trinajstić information content (AvgIpc) is 2.90. The maximum Gasteiger partial charge on any atom is 0.226 e. The van der Waals surface area contributed by atoms with E-state index in [4.69, 9.17) is 12.2 Å². The summed E-state index contributed by atoms with van der Waals surface area (Å²) >= 11 is 5.30. The third-order valence-corrected chi connectivity index (χ3v) is 6.28. The van der Waals surface area contributed by atoms with E-state index >= 15 is 0 Å². The number of rotatable bonds is 4. The number of hydrogen-bond donors (Lipinski definition) is 1. The van der Waals surface area contributed by atoms with E-state index in [0.29, 0.717) is 22.5 Å². The zero-order chi connectivity index (χ0) is 18.4. The standard InChI is InChI=1S/C19H30N4OS/c1-6-23-16(20-21-18(23)25)13-7-9-22(10-8-13)17(24)15-14(11-12(2)3)19(15,4)5/h11,13-15H,6-10H2,1-5H3,(H,21,25)/t14-,15-/m0/s1. The van der Waals surface area contributed by atoms with Gasteiger partial charge in [0.15, 0.2) is 4.77 Å². The second-order valence-electron chi connectivity index (χ2n) is 8.30. The number of piperidine rings is 1. The number of carbonyl (C=O) groups is 1. The molecule has 2 heterocycles. The fraction of sp³-hybridized carbons (Fsp3) is 0.737. The molecule has 1 aliphatic carbocycles. The molecule has 138 valence electrons. The predicted octanol–water partition coefficient (Wildman–Crippen LogP) is 3.90. The summed E-state index contributed by atoms with van der Waals surface area (Å²) in [6.07, 6.45) is 4.20. The molecule has 6 heteroatoms. The fourth-order valence-electron chi connectivity index (χ4n) is 4.32. The number of aromatic nitrogens is 3. The minimum Gasteiger partial charge on any atom is -0.342 e. The van der Waals surface area contributed by atoms with Gasteiger partial charge in [-0.2, -0.15) is 5.10 Å². The Kier molecular flexibility index (Phi) is 4.93. The summed E-state index contributed by atoms with van der Waals surface area (Å²) in [4.78, 5) is 15.1. The number of nitrogens with one attached hydrogen (secondary N) is 1. The Morgan fingerprint density at radius 1 is 1.36 bits per heavy atom. The van der Waals surface area contributed by atoms with Gasteiger partial charge in [0, 0.05) is 25.6 Å². The van der Waals surface area contributed by atoms with Crippen LogP contribution in [0.2, 0.25) is 0 Å². The molecule has 0 radical (unpaired) electrons. The number of aromatic amines is 1. The van der Waals surface area contributed by atoms with Crippen LogP contribution in [0.3, 0.4) is 0 Å². The van der Waals surface area contributed by atoms with Crippen molar-refractivity contribution in [3.63, 3.8) is 0 Å². The molecule has 0 aromatic carbocycles. The summed E-state index contributed by atoms with van der Waals surface area (Å²) < 4.78 is 2.77. The molecule has 5 nitrogen and oxygen atoms in total. The minimum atomic E-state index is 0.0931. The van der Waals surface area contributed by atoms with Gasteiger partial charge < -0.3 is 9.47 Å². The van der Waals surface area contributed by atoms with Crippen molar-refractivity contribution in [2.45, 2.75) is 59.9 Å². The van der Waals surface area contributed by atoms with Crippen molar-refractivity contribution >= 4 is 18.1 Å². The highest BCUT2D eigenvalue weighted by molar-refractivity contribution is 7.71. The van der Waals surface area contributed by atoms with E-state index in [1.165, 1.54) is 5.57 Å². The van der Waals surface area contributed by atoms with Crippen LogP contribution in [0, 0.1) is 22.0 Å². The van der Waals surface area contributed by atoms with Crippen LogP contribution in [-0.2, 0) is 11.3 Å². The monoisotopic (exact) mass is 362 g/mol. The van der Waals surface area contributed by atoms with Crippen molar-refractivity contribution in [1.29, 1.82) is 0 Å². The van der Waals surface area contributed by atoms with Crippen LogP contribution in [0.5, 0.6) is 0 Å². The summed E-state index contributed by atoms with van der Waals surface area (Å²) in [5, 5.41) is 7.34. The Balaban J connectivity index is 1.64. The SMILES string of the molecule is CCn1c(C2CCN(C(=O)[C@@H]3[C@H](C=C(C)C)C3(C)C)CC2)n[nH]c1=S. The molecule has 1 N–H and O–H groups in total. The van der Waals surface area contributed by atoms with E-state index in [2.05, 4.69) is 60.4 Å². The number of carbonyl (C=O) groups excluding carboxylic acids is 1. The lowest BCUT2D eigenvalue weighted by molar-refractivity contribution is -0.134. The Bertz CT molecular complexity index is 733. The molecule has 2 atom stereocenters. The van der Waals surface area contributed by atoms with Gasteiger partial charge in [-0.1, -0.05) is 25.5 Å². The second-order valence-corrected chi connectivity index (χ2v) is 8.69. The second kappa shape index (κ2) is 6.71. The van der Waals surface area contributed by atoms with Crippen molar-refractivity contribution in [1.82, 2.24) is 19.7 Å². The van der Waals surface area contributed by atoms with E-state index in [0.717, 1.165) is 38.3 Å². The topological polar surface area (TPSA) is 53.9 Å². The number of likely N-dealkylation sites (tertiary alicyclic amines) is 1. The quantitative estimate of drug-likeness (QED) is 0.653. The Morgan fingerprint density at radius 2 is 2.00 bits per heavy atom. The molecule has 0 bridgehead atoms. The van der Waals surface area contributed by atoms with Gasteiger partial charge in [0.1, 0.15) is 5.82 Å². The molecule has 1 amide bonds. The summed E-state index contributed by atoms with van der Waals surface area (Å²) in [5.41, 5.74) is 1.39. The van der Waals surface area contributed by atoms with Gasteiger partial charge in [-0.25, -0.2) is 0 Å². The molecule has 1 aromatic rings. The Labute approximate surface area is 155 Å². The predicted molar refractivity (Wildman–Crippen MR) is 102 cm³/mol. The lowest BCUT2D eigenvalue weighted by Crippen LogP contribution is -2.40. The zero-order valence-corrected chi connectivity index (χ0v) is 16.8. The number of allylic oxidation sites excluding steroid dienone is 2. The largest absolute Gasteiger partial charge is 0.342 e. The Hall–Kier alpha value is -1.43. The fourth-order valence-corrected chi connectivity index (χ4v) is 4.59. The van der Waals surface area contributed by atoms with Gasteiger partial charge in [-0.15, -0.1) is 0 Å². The van der Waals surface area contributed by atoms with Crippen LogP contribution < -0.4 is 0 Å². The number of hydrogen-bond acceptors (Lipinski definition) is 3. The molecule has 0 spiro atoms. The van der Waals surface area contributed by atoms with Crippen molar-refractivity contribution in [2.24, 2.45) is 17.3 Å². The van der Waals surface area contributed by atoms with Crippen LogP contribution in [-0.4, -0.2) is 38.7 Å². The summed E-state index contributed by atoms with van der Waals surface area (Å²) in [6.45, 7) is 13.2. The van der Waals surface area contributed by atoms with Crippen molar-refractivity contribution in [3.05, 3.63) is 22.2 Å². The van der Waals surface area contributed by atoms with Crippen molar-refractivity contribution < 1.29 is 4.79 Å². The molecular weight excluding hydrogens is 332 g/mol. The molecule has 1 saturated heterocycles. The van der Waals surface area contributed by atoms with Crippen LogP contribution >= 0.6 is 12.2 Å². The maximum atomic E-state index is 13.0. The van der Waals surface area contributed by atoms with E-state index in [9.17, 15) is 4.79 Å². The first kappa shape index (κ1) is 18.4. The van der Waals surface area contributed by atoms with Crippen LogP contribution in [0.25, 0.3) is 0 Å². The van der Waals surface area contributed by atoms with Gasteiger partial charge in [0.25, 0.3) is 0 Å². The first-order valence-electron chi connectivity index (χ1n) is 9.36. The first-order chi connectivity index (χ1) is 11.8. The first-order valence-corrected chi connectivity index (χ1v) is 9.77. The summed E-state index contributed by atoms with van der Waals surface area (Å²) in [5.74, 6) is 2.30. The zero-order valence-electron chi connectivity index (χ0n) is 16.0. The highest BCUT2D eigenvalue weighted by atomic mass is 32.1. The van der Waals surface area contributed by atoms with Gasteiger partial charge in [-0.05, 0) is 57.2 Å². The normalized spacial score (nSPS) is 25.7. The van der Waals surface area contributed by atoms with Gasteiger partial charge in [0.2, 0.25) is 5.91 Å². The summed E-state index contributed by atoms with van der Waals surface area (Å²) in [7, 11) is 0. The maximum absolute atomic E-state index is 13.0. The highest BCUT2D eigenvalue weighted by Gasteiger charge is 2.61. The molecule has 2 fully saturated rings. The van der Waals surface area contributed by atoms with Gasteiger partial charge in [0.05, 0.1) is 5.92 Å². The third-order valence-electron chi connectivity index (χ3n) is 5.97. The molecule has 1 aliphatic heterocycles. The van der Waals surface area contributed by atoms with E-state index in [1.807, 2.05) is 0 Å². The molecule has 3 rings (SSSR count). The minimum absolute atomic E-state index is 0.0931. The third kappa shape index (κ3) is 3.33. The number of H-pyrrole nitrogens is 1. The summed E-state index contributed by atoms with van der Waals surface area (Å²) in [6, 6.07) is 0. The molecule has 2 aliphatic rings. The smallest absolute Gasteiger partial charge is 0.226 e. The van der Waals surface area contributed by atoms with Crippen molar-refractivity contribution in [2.75, 3.05) is 13.1 Å². The van der Waals surface area contributed by atoms with E-state index < -0.39 is 0 Å². The van der Waals surface area contributed by atoms with Crippen LogP contribution in [0.1, 0.15) is 59.2 Å². The highest BCUT2D eigenvalue weighted by Crippen LogP contribution is 2.60. The van der Waals surface area contributed by atoms with Gasteiger partial charge in [-0.3, -0.25) is 9.89 Å². The van der Waals surface area contributed by atoms with Crippen LogP contribution in [0.4, 0.5) is 0 Å². The number of amides is 1. The van der Waals surface area contributed by atoms with E-state index in [1.54, 1.807) is 0 Å². The van der Waals surface area contributed by atoms with Gasteiger partial charge >= 0.3 is 0 Å². The lowest BCUT2D eigenvalue weighted by Gasteiger charge is -2.32. The molecular formula is C19H30N4OS. The van der Waals surface area contributed by atoms with Crippen LogP contribution in [0.15, 0.2) is 11.6 Å². The lowest BCUT2D eigenvalue weighted by atomic mass is 9.95. The van der Waals surface area contributed by atoms with Crippen molar-refractivity contribution in [3.8, 4) is 0 Å². The molecule has 1 saturated carbocycles. The molecule has 1 aromatic heterocycles. The molecule has 0 unspecified atom stereocenters. The molecule has 25 heavy (non-hydrogen) atoms. The average molecular weight is 363 g/mol.